The first-order valence-electron chi connectivity index (χ1n) is 5.23. The molecule has 0 aliphatic carbocycles. The monoisotopic (exact) mass is 287 g/mol. The molecule has 0 atom stereocenters. The molecular formula is C11H18BrN3O. The average molecular weight is 288 g/mol. The number of methoxy groups -OCH3 is 1. The van der Waals surface area contributed by atoms with Gasteiger partial charge in [-0.05, 0) is 27.8 Å². The Morgan fingerprint density at radius 3 is 2.69 bits per heavy atom. The fourth-order valence-electron chi connectivity index (χ4n) is 1.13. The van der Waals surface area contributed by atoms with Gasteiger partial charge in [0.1, 0.15) is 0 Å². The summed E-state index contributed by atoms with van der Waals surface area (Å²) < 4.78 is 5.86. The highest BCUT2D eigenvalue weighted by molar-refractivity contribution is 9.10. The van der Waals surface area contributed by atoms with Crippen LogP contribution < -0.4 is 10.1 Å². The van der Waals surface area contributed by atoms with Crippen molar-refractivity contribution in [3.05, 3.63) is 10.7 Å². The van der Waals surface area contributed by atoms with E-state index in [0.717, 1.165) is 17.4 Å². The van der Waals surface area contributed by atoms with Crippen LogP contribution in [-0.2, 0) is 0 Å². The zero-order valence-corrected chi connectivity index (χ0v) is 11.8. The van der Waals surface area contributed by atoms with Crippen LogP contribution in [0.15, 0.2) is 10.7 Å². The third-order valence-corrected chi connectivity index (χ3v) is 2.61. The Labute approximate surface area is 105 Å². The van der Waals surface area contributed by atoms with Crippen molar-refractivity contribution in [2.24, 2.45) is 5.41 Å². The van der Waals surface area contributed by atoms with Crippen molar-refractivity contribution in [3.63, 3.8) is 0 Å². The summed E-state index contributed by atoms with van der Waals surface area (Å²) in [5.74, 6) is 1.15. The smallest absolute Gasteiger partial charge is 0.232 e. The molecule has 1 aromatic heterocycles. The van der Waals surface area contributed by atoms with Crippen LogP contribution >= 0.6 is 15.9 Å². The number of rotatable bonds is 4. The number of halogens is 1. The van der Waals surface area contributed by atoms with Crippen LogP contribution in [0.25, 0.3) is 0 Å². The number of ether oxygens (including phenoxy) is 1. The maximum atomic E-state index is 5.09. The Hall–Kier alpha value is -0.840. The van der Waals surface area contributed by atoms with Crippen LogP contribution in [0.2, 0.25) is 0 Å². The minimum absolute atomic E-state index is 0.312. The zero-order valence-electron chi connectivity index (χ0n) is 10.2. The lowest BCUT2D eigenvalue weighted by Gasteiger charge is -2.18. The van der Waals surface area contributed by atoms with E-state index in [9.17, 15) is 0 Å². The quantitative estimate of drug-likeness (QED) is 0.924. The molecule has 1 rings (SSSR count). The van der Waals surface area contributed by atoms with Gasteiger partial charge in [0.15, 0.2) is 0 Å². The highest BCUT2D eigenvalue weighted by atomic mass is 79.9. The third kappa shape index (κ3) is 4.35. The lowest BCUT2D eigenvalue weighted by molar-refractivity contribution is 0.387. The fourth-order valence-corrected chi connectivity index (χ4v) is 1.48. The topological polar surface area (TPSA) is 47.0 Å². The van der Waals surface area contributed by atoms with E-state index in [0.29, 0.717) is 17.2 Å². The van der Waals surface area contributed by atoms with Gasteiger partial charge in [0.25, 0.3) is 0 Å². The van der Waals surface area contributed by atoms with Gasteiger partial charge in [-0.3, -0.25) is 0 Å². The molecule has 0 saturated heterocycles. The first-order chi connectivity index (χ1) is 7.42. The van der Waals surface area contributed by atoms with Gasteiger partial charge in [0.2, 0.25) is 11.8 Å². The Morgan fingerprint density at radius 2 is 2.12 bits per heavy atom. The molecule has 0 amide bonds. The highest BCUT2D eigenvalue weighted by Gasteiger charge is 2.10. The fraction of sp³-hybridized carbons (Fsp3) is 0.636. The van der Waals surface area contributed by atoms with Gasteiger partial charge in [-0.15, -0.1) is 0 Å². The molecule has 0 aliphatic heterocycles. The lowest BCUT2D eigenvalue weighted by Crippen LogP contribution is -2.14. The summed E-state index contributed by atoms with van der Waals surface area (Å²) in [5, 5.41) is 3.18. The van der Waals surface area contributed by atoms with Crippen LogP contribution in [0.1, 0.15) is 27.2 Å². The number of aromatic nitrogens is 2. The molecule has 0 fully saturated rings. The van der Waals surface area contributed by atoms with E-state index in [2.05, 4.69) is 52.0 Å². The molecule has 0 aromatic carbocycles. The molecule has 0 unspecified atom stereocenters. The summed E-state index contributed by atoms with van der Waals surface area (Å²) in [4.78, 5) is 8.38. The summed E-state index contributed by atoms with van der Waals surface area (Å²) >= 11 is 3.31. The van der Waals surface area contributed by atoms with Gasteiger partial charge >= 0.3 is 0 Å². The SMILES string of the molecule is COc1nc(NCCC(C)(C)C)ncc1Br. The Bertz CT molecular complexity index is 350. The second-order valence-corrected chi connectivity index (χ2v) is 5.64. The van der Waals surface area contributed by atoms with E-state index in [1.54, 1.807) is 13.3 Å². The Balaban J connectivity index is 2.55. The molecule has 0 aliphatic rings. The average Bonchev–Trinajstić information content (AvgIpc) is 2.18. The van der Waals surface area contributed by atoms with E-state index in [1.165, 1.54) is 0 Å². The molecule has 0 spiro atoms. The second kappa shape index (κ2) is 5.48. The number of anilines is 1. The first-order valence-corrected chi connectivity index (χ1v) is 6.02. The molecule has 1 N–H and O–H groups in total. The molecular weight excluding hydrogens is 270 g/mol. The summed E-state index contributed by atoms with van der Waals surface area (Å²) in [7, 11) is 1.59. The van der Waals surface area contributed by atoms with Gasteiger partial charge in [-0.25, -0.2) is 4.98 Å². The van der Waals surface area contributed by atoms with Gasteiger partial charge in [0.05, 0.1) is 17.8 Å². The van der Waals surface area contributed by atoms with Crippen molar-refractivity contribution in [1.82, 2.24) is 9.97 Å². The summed E-state index contributed by atoms with van der Waals surface area (Å²) in [6, 6.07) is 0. The zero-order chi connectivity index (χ0) is 12.2. The van der Waals surface area contributed by atoms with Crippen molar-refractivity contribution < 1.29 is 4.74 Å². The van der Waals surface area contributed by atoms with Gasteiger partial charge in [-0.2, -0.15) is 4.98 Å². The maximum Gasteiger partial charge on any atom is 0.232 e. The maximum absolute atomic E-state index is 5.09. The van der Waals surface area contributed by atoms with E-state index in [4.69, 9.17) is 4.74 Å². The van der Waals surface area contributed by atoms with Gasteiger partial charge in [0, 0.05) is 6.54 Å². The van der Waals surface area contributed by atoms with Crippen LogP contribution in [0.3, 0.4) is 0 Å². The largest absolute Gasteiger partial charge is 0.480 e. The molecule has 0 radical (unpaired) electrons. The van der Waals surface area contributed by atoms with Crippen molar-refractivity contribution in [2.75, 3.05) is 19.0 Å². The number of nitrogens with one attached hydrogen (secondary N) is 1. The van der Waals surface area contributed by atoms with E-state index >= 15 is 0 Å². The number of nitrogens with zero attached hydrogens (tertiary/aromatic N) is 2. The molecule has 1 aromatic rings. The summed E-state index contributed by atoms with van der Waals surface area (Å²) in [5.41, 5.74) is 0.312. The minimum Gasteiger partial charge on any atom is -0.480 e. The first kappa shape index (κ1) is 13.2. The van der Waals surface area contributed by atoms with Gasteiger partial charge < -0.3 is 10.1 Å². The Kier molecular flexibility index (Phi) is 4.53. The van der Waals surface area contributed by atoms with Crippen LogP contribution in [0.4, 0.5) is 5.95 Å². The predicted molar refractivity (Wildman–Crippen MR) is 68.8 cm³/mol. The predicted octanol–water partition coefficient (Wildman–Crippen LogP) is 3.10. The molecule has 4 nitrogen and oxygen atoms in total. The highest BCUT2D eigenvalue weighted by Crippen LogP contribution is 2.22. The molecule has 5 heteroatoms. The molecule has 1 heterocycles. The number of hydrogen-bond acceptors (Lipinski definition) is 4. The van der Waals surface area contributed by atoms with E-state index in [1.807, 2.05) is 0 Å². The normalized spacial score (nSPS) is 11.3. The van der Waals surface area contributed by atoms with Crippen molar-refractivity contribution >= 4 is 21.9 Å². The van der Waals surface area contributed by atoms with Crippen molar-refractivity contribution in [3.8, 4) is 5.88 Å². The summed E-state index contributed by atoms with van der Waals surface area (Å²) in [6.07, 6.45) is 2.75. The van der Waals surface area contributed by atoms with Crippen molar-refractivity contribution in [1.29, 1.82) is 0 Å². The third-order valence-electron chi connectivity index (χ3n) is 2.06. The summed E-state index contributed by atoms with van der Waals surface area (Å²) in [6.45, 7) is 7.47. The van der Waals surface area contributed by atoms with E-state index in [-0.39, 0.29) is 0 Å². The lowest BCUT2D eigenvalue weighted by atomic mass is 9.92. The standard InChI is InChI=1S/C11H18BrN3O/c1-11(2,3)5-6-13-10-14-7-8(12)9(15-10)16-4/h7H,5-6H2,1-4H3,(H,13,14,15). The van der Waals surface area contributed by atoms with E-state index < -0.39 is 0 Å². The molecule has 0 bridgehead atoms. The van der Waals surface area contributed by atoms with Gasteiger partial charge in [-0.1, -0.05) is 20.8 Å². The molecule has 0 saturated carbocycles. The van der Waals surface area contributed by atoms with Crippen LogP contribution in [-0.4, -0.2) is 23.6 Å². The number of hydrogen-bond donors (Lipinski definition) is 1. The Morgan fingerprint density at radius 1 is 1.44 bits per heavy atom. The van der Waals surface area contributed by atoms with Crippen LogP contribution in [0.5, 0.6) is 5.88 Å². The molecule has 16 heavy (non-hydrogen) atoms. The van der Waals surface area contributed by atoms with Crippen molar-refractivity contribution in [2.45, 2.75) is 27.2 Å². The molecule has 90 valence electrons. The minimum atomic E-state index is 0.312. The second-order valence-electron chi connectivity index (χ2n) is 4.79. The van der Waals surface area contributed by atoms with Crippen LogP contribution in [0, 0.1) is 5.41 Å².